The second-order valence-electron chi connectivity index (χ2n) is 5.58. The third-order valence-corrected chi connectivity index (χ3v) is 3.96. The smallest absolute Gasteiger partial charge is 0.193 e. The van der Waals surface area contributed by atoms with Crippen LogP contribution < -0.4 is 0 Å². The molecule has 1 unspecified atom stereocenters. The Labute approximate surface area is 131 Å². The van der Waals surface area contributed by atoms with E-state index in [9.17, 15) is 4.79 Å². The Morgan fingerprint density at radius 3 is 2.55 bits per heavy atom. The molecule has 1 aliphatic rings. The van der Waals surface area contributed by atoms with Crippen molar-refractivity contribution in [1.29, 1.82) is 0 Å². The summed E-state index contributed by atoms with van der Waals surface area (Å²) in [7, 11) is 0. The highest BCUT2D eigenvalue weighted by atomic mass is 16.1. The van der Waals surface area contributed by atoms with Crippen molar-refractivity contribution in [2.75, 3.05) is 13.1 Å². The summed E-state index contributed by atoms with van der Waals surface area (Å²) in [4.78, 5) is 19.8. The molecule has 0 N–H and O–H groups in total. The van der Waals surface area contributed by atoms with Crippen molar-refractivity contribution in [1.82, 2.24) is 4.90 Å². The number of ketones is 1. The molecule has 0 bridgehead atoms. The lowest BCUT2D eigenvalue weighted by Crippen LogP contribution is -2.30. The molecule has 1 heterocycles. The van der Waals surface area contributed by atoms with Crippen LogP contribution in [0.2, 0.25) is 0 Å². The molecule has 2 aromatic carbocycles. The minimum Gasteiger partial charge on any atom is -0.355 e. The fourth-order valence-electron chi connectivity index (χ4n) is 2.88. The summed E-state index contributed by atoms with van der Waals surface area (Å²) in [6.07, 6.45) is 0. The number of hydrogen-bond donors (Lipinski definition) is 0. The zero-order chi connectivity index (χ0) is 15.5. The molecule has 1 atom stereocenters. The summed E-state index contributed by atoms with van der Waals surface area (Å²) < 4.78 is 0. The predicted octanol–water partition coefficient (Wildman–Crippen LogP) is 3.39. The van der Waals surface area contributed by atoms with E-state index in [1.807, 2.05) is 54.6 Å². The summed E-state index contributed by atoms with van der Waals surface area (Å²) in [6.45, 7) is 6.04. The van der Waals surface area contributed by atoms with Crippen LogP contribution in [0.3, 0.4) is 0 Å². The van der Waals surface area contributed by atoms with E-state index in [0.29, 0.717) is 5.56 Å². The van der Waals surface area contributed by atoms with Gasteiger partial charge in [0.25, 0.3) is 0 Å². The van der Waals surface area contributed by atoms with Crippen LogP contribution in [0.4, 0.5) is 0 Å². The lowest BCUT2D eigenvalue weighted by molar-refractivity contribution is 0.103. The Bertz CT molecular complexity index is 706. The van der Waals surface area contributed by atoms with Crippen LogP contribution in [0.15, 0.2) is 59.6 Å². The minimum atomic E-state index is 0.0505. The highest BCUT2D eigenvalue weighted by Crippen LogP contribution is 2.21. The molecule has 22 heavy (non-hydrogen) atoms. The van der Waals surface area contributed by atoms with Gasteiger partial charge < -0.3 is 4.90 Å². The molecule has 0 fully saturated rings. The second kappa shape index (κ2) is 6.14. The van der Waals surface area contributed by atoms with E-state index in [1.54, 1.807) is 0 Å². The van der Waals surface area contributed by atoms with E-state index >= 15 is 0 Å². The molecule has 0 aliphatic carbocycles. The first-order chi connectivity index (χ1) is 10.7. The molecule has 0 saturated heterocycles. The summed E-state index contributed by atoms with van der Waals surface area (Å²) in [6, 6.07) is 17.5. The molecule has 3 nitrogen and oxygen atoms in total. The number of hydrogen-bond acceptors (Lipinski definition) is 3. The number of aliphatic imine (C=N–C) groups is 1. The largest absolute Gasteiger partial charge is 0.355 e. The van der Waals surface area contributed by atoms with E-state index in [2.05, 4.69) is 18.7 Å². The van der Waals surface area contributed by atoms with Crippen LogP contribution in [0.5, 0.6) is 0 Å². The SMILES string of the molecule is CCN1CC(C)N=C1c1ccccc1C(=O)c1ccccc1. The van der Waals surface area contributed by atoms with E-state index in [1.165, 1.54) is 0 Å². The van der Waals surface area contributed by atoms with Gasteiger partial charge in [0.1, 0.15) is 5.84 Å². The Morgan fingerprint density at radius 1 is 1.14 bits per heavy atom. The lowest BCUT2D eigenvalue weighted by Gasteiger charge is -2.20. The van der Waals surface area contributed by atoms with Crippen LogP contribution in [-0.2, 0) is 0 Å². The van der Waals surface area contributed by atoms with Gasteiger partial charge in [0, 0.05) is 29.8 Å². The van der Waals surface area contributed by atoms with Crippen LogP contribution in [-0.4, -0.2) is 35.7 Å². The Morgan fingerprint density at radius 2 is 1.82 bits per heavy atom. The van der Waals surface area contributed by atoms with Gasteiger partial charge >= 0.3 is 0 Å². The van der Waals surface area contributed by atoms with Gasteiger partial charge in [-0.15, -0.1) is 0 Å². The first kappa shape index (κ1) is 14.5. The number of carbonyl (C=O) groups excluding carboxylic acids is 1. The highest BCUT2D eigenvalue weighted by Gasteiger charge is 2.25. The average molecular weight is 292 g/mol. The van der Waals surface area contributed by atoms with Crippen molar-refractivity contribution in [3.05, 3.63) is 71.3 Å². The van der Waals surface area contributed by atoms with E-state index in [4.69, 9.17) is 4.99 Å². The normalized spacial score (nSPS) is 17.5. The number of likely N-dealkylation sites (N-methyl/N-ethyl adjacent to an activating group) is 1. The maximum Gasteiger partial charge on any atom is 0.193 e. The summed E-state index contributed by atoms with van der Waals surface area (Å²) in [5.41, 5.74) is 2.37. The lowest BCUT2D eigenvalue weighted by atomic mass is 9.97. The zero-order valence-electron chi connectivity index (χ0n) is 13.0. The van der Waals surface area contributed by atoms with Gasteiger partial charge in [-0.25, -0.2) is 0 Å². The topological polar surface area (TPSA) is 32.7 Å². The van der Waals surface area contributed by atoms with Crippen molar-refractivity contribution in [3.63, 3.8) is 0 Å². The van der Waals surface area contributed by atoms with Gasteiger partial charge in [0.15, 0.2) is 5.78 Å². The first-order valence-corrected chi connectivity index (χ1v) is 7.72. The van der Waals surface area contributed by atoms with Gasteiger partial charge in [-0.1, -0.05) is 54.6 Å². The Hall–Kier alpha value is -2.42. The molecular weight excluding hydrogens is 272 g/mol. The molecule has 3 rings (SSSR count). The van der Waals surface area contributed by atoms with Gasteiger partial charge in [-0.05, 0) is 13.8 Å². The maximum absolute atomic E-state index is 12.8. The average Bonchev–Trinajstić information content (AvgIpc) is 2.96. The molecule has 2 aromatic rings. The minimum absolute atomic E-state index is 0.0505. The van der Waals surface area contributed by atoms with Crippen molar-refractivity contribution in [2.24, 2.45) is 4.99 Å². The molecular formula is C19H20N2O. The molecule has 0 amide bonds. The fraction of sp³-hybridized carbons (Fsp3) is 0.263. The van der Waals surface area contributed by atoms with Crippen molar-refractivity contribution in [3.8, 4) is 0 Å². The number of amidine groups is 1. The summed E-state index contributed by atoms with van der Waals surface area (Å²) in [5.74, 6) is 0.990. The Balaban J connectivity index is 2.04. The van der Waals surface area contributed by atoms with E-state index in [0.717, 1.165) is 30.1 Å². The van der Waals surface area contributed by atoms with Crippen molar-refractivity contribution in [2.45, 2.75) is 19.9 Å². The number of rotatable bonds is 4. The second-order valence-corrected chi connectivity index (χ2v) is 5.58. The van der Waals surface area contributed by atoms with Crippen LogP contribution in [0, 0.1) is 0 Å². The van der Waals surface area contributed by atoms with Gasteiger partial charge in [0.05, 0.1) is 6.04 Å². The van der Waals surface area contributed by atoms with Gasteiger partial charge in [0.2, 0.25) is 0 Å². The van der Waals surface area contributed by atoms with Crippen molar-refractivity contribution < 1.29 is 4.79 Å². The Kier molecular flexibility index (Phi) is 4.05. The van der Waals surface area contributed by atoms with Gasteiger partial charge in [-0.2, -0.15) is 0 Å². The monoisotopic (exact) mass is 292 g/mol. The number of carbonyl (C=O) groups is 1. The predicted molar refractivity (Wildman–Crippen MR) is 89.6 cm³/mol. The van der Waals surface area contributed by atoms with Gasteiger partial charge in [-0.3, -0.25) is 9.79 Å². The fourth-order valence-corrected chi connectivity index (χ4v) is 2.88. The third-order valence-electron chi connectivity index (χ3n) is 3.96. The standard InChI is InChI=1S/C19H20N2O/c1-3-21-13-14(2)20-19(21)17-12-8-7-11-16(17)18(22)15-9-5-4-6-10-15/h4-12,14H,3,13H2,1-2H3. The summed E-state index contributed by atoms with van der Waals surface area (Å²) in [5, 5.41) is 0. The molecule has 1 aliphatic heterocycles. The maximum atomic E-state index is 12.8. The van der Waals surface area contributed by atoms with Crippen LogP contribution >= 0.6 is 0 Å². The van der Waals surface area contributed by atoms with E-state index < -0.39 is 0 Å². The molecule has 0 aromatic heterocycles. The number of benzene rings is 2. The third kappa shape index (κ3) is 2.67. The molecule has 0 spiro atoms. The molecule has 0 radical (unpaired) electrons. The zero-order valence-corrected chi connectivity index (χ0v) is 13.0. The van der Waals surface area contributed by atoms with Crippen molar-refractivity contribution >= 4 is 11.6 Å². The molecule has 112 valence electrons. The molecule has 0 saturated carbocycles. The summed E-state index contributed by atoms with van der Waals surface area (Å²) >= 11 is 0. The van der Waals surface area contributed by atoms with E-state index in [-0.39, 0.29) is 11.8 Å². The van der Waals surface area contributed by atoms with Crippen LogP contribution in [0.1, 0.15) is 35.3 Å². The first-order valence-electron chi connectivity index (χ1n) is 7.72. The van der Waals surface area contributed by atoms with Crippen LogP contribution in [0.25, 0.3) is 0 Å². The number of nitrogens with zero attached hydrogens (tertiary/aromatic N) is 2. The quantitative estimate of drug-likeness (QED) is 0.809. The highest BCUT2D eigenvalue weighted by molar-refractivity contribution is 6.16. The molecule has 3 heteroatoms.